The monoisotopic (exact) mass is 350 g/mol. The lowest BCUT2D eigenvalue weighted by Gasteiger charge is -2.37. The van der Waals surface area contributed by atoms with Crippen LogP contribution in [0.2, 0.25) is 0 Å². The van der Waals surface area contributed by atoms with Gasteiger partial charge in [-0.3, -0.25) is 4.79 Å². The van der Waals surface area contributed by atoms with Gasteiger partial charge in [0.1, 0.15) is 23.0 Å². The average molecular weight is 350 g/mol. The van der Waals surface area contributed by atoms with Gasteiger partial charge in [0.2, 0.25) is 0 Å². The number of nitrogens with zero attached hydrogens (tertiary/aromatic N) is 2. The van der Waals surface area contributed by atoms with Crippen LogP contribution in [-0.2, 0) is 17.6 Å². The van der Waals surface area contributed by atoms with Crippen LogP contribution in [-0.4, -0.2) is 22.2 Å². The van der Waals surface area contributed by atoms with Crippen LogP contribution >= 0.6 is 0 Å². The second kappa shape index (κ2) is 6.33. The van der Waals surface area contributed by atoms with Crippen molar-refractivity contribution in [3.63, 3.8) is 0 Å². The first-order valence-corrected chi connectivity index (χ1v) is 8.33. The van der Waals surface area contributed by atoms with Crippen LogP contribution in [0.25, 0.3) is 0 Å². The van der Waals surface area contributed by atoms with E-state index in [9.17, 15) is 13.6 Å². The Hall–Kier alpha value is -3.08. The van der Waals surface area contributed by atoms with E-state index in [1.165, 1.54) is 24.3 Å². The lowest BCUT2D eigenvalue weighted by Crippen LogP contribution is -2.52. The Kier molecular flexibility index (Phi) is 3.99. The highest BCUT2D eigenvalue weighted by Crippen LogP contribution is 2.34. The first kappa shape index (κ1) is 16.4. The Labute approximate surface area is 150 Å². The molecule has 0 saturated carbocycles. The van der Waals surface area contributed by atoms with Crippen molar-refractivity contribution in [1.82, 2.24) is 4.90 Å². The lowest BCUT2D eigenvalue weighted by atomic mass is 9.83. The van der Waals surface area contributed by atoms with Crippen molar-refractivity contribution >= 4 is 11.7 Å². The predicted molar refractivity (Wildman–Crippen MR) is 95.5 cm³/mol. The number of amidine groups is 1. The third-order valence-electron chi connectivity index (χ3n) is 4.68. The first-order chi connectivity index (χ1) is 12.6. The number of aliphatic imine (C=N–C) groups is 1. The van der Waals surface area contributed by atoms with Crippen molar-refractivity contribution < 1.29 is 13.6 Å². The zero-order chi connectivity index (χ0) is 18.1. The normalized spacial score (nSPS) is 17.4. The van der Waals surface area contributed by atoms with E-state index in [1.54, 1.807) is 36.5 Å². The van der Waals surface area contributed by atoms with Crippen molar-refractivity contribution in [2.45, 2.75) is 18.4 Å². The maximum atomic E-state index is 13.7. The maximum Gasteiger partial charge on any atom is 0.274 e. The number of carbonyl (C=O) groups is 1. The largest absolute Gasteiger partial charge is 0.317 e. The summed E-state index contributed by atoms with van der Waals surface area (Å²) in [7, 11) is 0. The van der Waals surface area contributed by atoms with E-state index in [0.717, 1.165) is 0 Å². The quantitative estimate of drug-likeness (QED) is 0.840. The molecule has 2 aliphatic rings. The summed E-state index contributed by atoms with van der Waals surface area (Å²) in [4.78, 5) is 18.9. The molecule has 26 heavy (non-hydrogen) atoms. The minimum Gasteiger partial charge on any atom is -0.317 e. The Bertz CT molecular complexity index is 914. The smallest absolute Gasteiger partial charge is 0.274 e. The number of rotatable bonds is 4. The van der Waals surface area contributed by atoms with E-state index in [-0.39, 0.29) is 30.4 Å². The van der Waals surface area contributed by atoms with Gasteiger partial charge in [-0.2, -0.15) is 4.99 Å². The number of halogens is 2. The fourth-order valence-corrected chi connectivity index (χ4v) is 3.55. The molecule has 130 valence electrons. The molecule has 1 amide bonds. The van der Waals surface area contributed by atoms with Crippen LogP contribution in [0, 0.1) is 11.6 Å². The molecule has 2 aliphatic heterocycles. The van der Waals surface area contributed by atoms with Crippen molar-refractivity contribution in [2.24, 2.45) is 4.99 Å². The summed E-state index contributed by atoms with van der Waals surface area (Å²) in [6.45, 7) is 0. The maximum absolute atomic E-state index is 13.7. The number of hydrogen-bond acceptors (Lipinski definition) is 2. The SMILES string of the molecule is O=C1N=C2C=CC=CN2C1(Cc1cccc(F)c1)Cc1cccc(F)c1. The van der Waals surface area contributed by atoms with Crippen molar-refractivity contribution in [3.8, 4) is 0 Å². The number of benzene rings is 2. The van der Waals surface area contributed by atoms with Gasteiger partial charge >= 0.3 is 0 Å². The Morgan fingerprint density at radius 3 is 2.12 bits per heavy atom. The highest BCUT2D eigenvalue weighted by molar-refractivity contribution is 6.12. The molecular weight excluding hydrogens is 334 g/mol. The van der Waals surface area contributed by atoms with Crippen molar-refractivity contribution in [1.29, 1.82) is 0 Å². The Morgan fingerprint density at radius 1 is 0.923 bits per heavy atom. The molecule has 0 aromatic heterocycles. The van der Waals surface area contributed by atoms with Crippen molar-refractivity contribution in [2.75, 3.05) is 0 Å². The van der Waals surface area contributed by atoms with Gasteiger partial charge in [-0.15, -0.1) is 0 Å². The van der Waals surface area contributed by atoms with Gasteiger partial charge in [0.15, 0.2) is 0 Å². The fraction of sp³-hybridized carbons (Fsp3) is 0.143. The van der Waals surface area contributed by atoms with Gasteiger partial charge < -0.3 is 4.90 Å². The molecule has 0 atom stereocenters. The summed E-state index contributed by atoms with van der Waals surface area (Å²) in [6.07, 6.45) is 7.72. The van der Waals surface area contributed by atoms with E-state index in [0.29, 0.717) is 17.0 Å². The van der Waals surface area contributed by atoms with Crippen LogP contribution < -0.4 is 0 Å². The molecule has 0 spiro atoms. The number of fused-ring (bicyclic) bond motifs is 1. The van der Waals surface area contributed by atoms with Gasteiger partial charge in [-0.25, -0.2) is 8.78 Å². The van der Waals surface area contributed by atoms with Crippen LogP contribution in [0.3, 0.4) is 0 Å². The zero-order valence-corrected chi connectivity index (χ0v) is 13.9. The minimum atomic E-state index is -1.04. The second-order valence-corrected chi connectivity index (χ2v) is 6.49. The summed E-state index contributed by atoms with van der Waals surface area (Å²) in [6, 6.07) is 12.4. The molecule has 3 nitrogen and oxygen atoms in total. The number of carbonyl (C=O) groups excluding carboxylic acids is 1. The molecule has 2 aromatic rings. The summed E-state index contributed by atoms with van der Waals surface area (Å²) in [5.74, 6) is -0.476. The number of allylic oxidation sites excluding steroid dienone is 2. The number of amides is 1. The fourth-order valence-electron chi connectivity index (χ4n) is 3.55. The third kappa shape index (κ3) is 2.86. The van der Waals surface area contributed by atoms with Gasteiger partial charge in [0.25, 0.3) is 5.91 Å². The molecule has 0 N–H and O–H groups in total. The van der Waals surface area contributed by atoms with Crippen LogP contribution in [0.15, 0.2) is 78.0 Å². The first-order valence-electron chi connectivity index (χ1n) is 8.33. The van der Waals surface area contributed by atoms with Crippen LogP contribution in [0.4, 0.5) is 8.78 Å². The minimum absolute atomic E-state index is 0.269. The molecule has 0 saturated heterocycles. The third-order valence-corrected chi connectivity index (χ3v) is 4.68. The molecule has 0 bridgehead atoms. The summed E-state index contributed by atoms with van der Waals surface area (Å²) in [5, 5.41) is 0. The van der Waals surface area contributed by atoms with Gasteiger partial charge in [-0.05, 0) is 47.5 Å². The lowest BCUT2D eigenvalue weighted by molar-refractivity contribution is -0.124. The van der Waals surface area contributed by atoms with E-state index >= 15 is 0 Å². The molecule has 5 heteroatoms. The molecule has 0 radical (unpaired) electrons. The van der Waals surface area contributed by atoms with Gasteiger partial charge in [-0.1, -0.05) is 30.3 Å². The predicted octanol–water partition coefficient (Wildman–Crippen LogP) is 3.81. The molecule has 2 aromatic carbocycles. The zero-order valence-electron chi connectivity index (χ0n) is 13.9. The van der Waals surface area contributed by atoms with E-state index < -0.39 is 5.54 Å². The van der Waals surface area contributed by atoms with Gasteiger partial charge in [0, 0.05) is 19.0 Å². The van der Waals surface area contributed by atoms with E-state index in [2.05, 4.69) is 4.99 Å². The van der Waals surface area contributed by atoms with Crippen LogP contribution in [0.1, 0.15) is 11.1 Å². The van der Waals surface area contributed by atoms with E-state index in [1.807, 2.05) is 17.1 Å². The Balaban J connectivity index is 1.78. The summed E-state index contributed by atoms with van der Waals surface area (Å²) in [5.41, 5.74) is 0.335. The topological polar surface area (TPSA) is 32.7 Å². The van der Waals surface area contributed by atoms with Crippen LogP contribution in [0.5, 0.6) is 0 Å². The molecule has 0 aliphatic carbocycles. The number of hydrogen-bond donors (Lipinski definition) is 0. The standard InChI is InChI=1S/C21H16F2N2O/c22-17-7-3-5-15(11-17)13-21(14-16-6-4-8-18(23)12-16)20(26)24-19-9-1-2-10-25(19)21/h1-12H,13-14H2. The van der Waals surface area contributed by atoms with E-state index in [4.69, 9.17) is 0 Å². The second-order valence-electron chi connectivity index (χ2n) is 6.49. The molecule has 0 fully saturated rings. The average Bonchev–Trinajstić information content (AvgIpc) is 2.87. The molecule has 0 unspecified atom stereocenters. The summed E-state index contributed by atoms with van der Waals surface area (Å²) < 4.78 is 27.3. The molecule has 4 rings (SSSR count). The molecular formula is C21H16F2N2O. The van der Waals surface area contributed by atoms with Gasteiger partial charge in [0.05, 0.1) is 0 Å². The Morgan fingerprint density at radius 2 is 1.54 bits per heavy atom. The highest BCUT2D eigenvalue weighted by Gasteiger charge is 2.49. The highest BCUT2D eigenvalue weighted by atomic mass is 19.1. The summed E-state index contributed by atoms with van der Waals surface area (Å²) >= 11 is 0. The van der Waals surface area contributed by atoms with Crippen molar-refractivity contribution in [3.05, 3.63) is 95.7 Å². The molecule has 2 heterocycles.